The van der Waals surface area contributed by atoms with Crippen LogP contribution < -0.4 is 5.32 Å². The van der Waals surface area contributed by atoms with E-state index in [0.29, 0.717) is 34.7 Å². The van der Waals surface area contributed by atoms with Crippen LogP contribution >= 0.6 is 0 Å². The van der Waals surface area contributed by atoms with Crippen molar-refractivity contribution >= 4 is 71.7 Å². The fourth-order valence-corrected chi connectivity index (χ4v) is 6.20. The second-order valence-electron chi connectivity index (χ2n) is 10.5. The van der Waals surface area contributed by atoms with Crippen molar-refractivity contribution in [1.29, 1.82) is 0 Å². The van der Waals surface area contributed by atoms with Crippen LogP contribution in [0, 0.1) is 0 Å². The first kappa shape index (κ1) is 32.8. The Bertz CT molecular complexity index is 2470. The number of anilines is 1. The highest BCUT2D eigenvalue weighted by atomic mass is 32.2. The van der Waals surface area contributed by atoms with E-state index < -0.39 is 65.0 Å². The number of hydrogen-bond donors (Lipinski definition) is 4. The molecule has 0 aliphatic carbocycles. The summed E-state index contributed by atoms with van der Waals surface area (Å²) in [6, 6.07) is 21.8. The third-order valence-electron chi connectivity index (χ3n) is 7.33. The summed E-state index contributed by atoms with van der Waals surface area (Å²) in [6.07, 6.45) is 0. The molecule has 1 aliphatic rings. The first-order chi connectivity index (χ1) is 23.1. The summed E-state index contributed by atoms with van der Waals surface area (Å²) in [4.78, 5) is 50.7. The standard InChI is InChI=1S/C32H20N4O11S2/c37-28-26(29(38)33-19-7-2-1-3-8-19)14-17-6-4-5-9-23(17)27(28)35-34-20-10-11-24-25(15-20)32(41)36(31(24)40)30(39)18-12-21(48(42,43)44)16-22(13-18)49(45,46)47/h1-16,37H,(H,33,38)(H,42,43,44)(H,45,46,47). The SMILES string of the molecule is O=C(Nc1ccccc1)c1cc2ccccc2c(N=Nc2ccc3c(c2)C(=O)N(C(=O)c2cc(S(=O)(=O)O)cc(S(=O)(=O)O)c2)C3=O)c1O. The van der Waals surface area contributed by atoms with Gasteiger partial charge in [-0.25, -0.2) is 4.90 Å². The number of phenols is 1. The number of carbonyl (C=O) groups is 4. The number of azo groups is 1. The van der Waals surface area contributed by atoms with Crippen molar-refractivity contribution in [1.82, 2.24) is 4.90 Å². The Morgan fingerprint density at radius 1 is 0.694 bits per heavy atom. The summed E-state index contributed by atoms with van der Waals surface area (Å²) in [7, 11) is -10.2. The molecule has 17 heteroatoms. The third kappa shape index (κ3) is 6.29. The molecule has 1 aliphatic heterocycles. The lowest BCUT2D eigenvalue weighted by molar-refractivity contribution is 0.0565. The summed E-state index contributed by atoms with van der Waals surface area (Å²) < 4.78 is 65.6. The molecule has 0 bridgehead atoms. The van der Waals surface area contributed by atoms with Crippen molar-refractivity contribution < 1.29 is 50.2 Å². The molecular weight excluding hydrogens is 681 g/mol. The summed E-state index contributed by atoms with van der Waals surface area (Å²) in [5.41, 5.74) is -1.11. The van der Waals surface area contributed by atoms with E-state index in [1.807, 2.05) is 0 Å². The number of carbonyl (C=O) groups excluding carboxylic acids is 4. The molecule has 0 spiro atoms. The monoisotopic (exact) mass is 700 g/mol. The Balaban J connectivity index is 1.34. The lowest BCUT2D eigenvalue weighted by atomic mass is 10.0. The second kappa shape index (κ2) is 12.1. The Morgan fingerprint density at radius 2 is 1.31 bits per heavy atom. The van der Waals surface area contributed by atoms with Crippen molar-refractivity contribution in [3.8, 4) is 5.75 Å². The number of phenolic OH excluding ortho intramolecular Hbond substituents is 1. The molecule has 0 saturated heterocycles. The van der Waals surface area contributed by atoms with Gasteiger partial charge in [-0.3, -0.25) is 28.3 Å². The maximum absolute atomic E-state index is 13.3. The van der Waals surface area contributed by atoms with Gasteiger partial charge in [0.2, 0.25) is 0 Å². The van der Waals surface area contributed by atoms with Gasteiger partial charge in [-0.1, -0.05) is 42.5 Å². The smallest absolute Gasteiger partial charge is 0.294 e. The van der Waals surface area contributed by atoms with Crippen LogP contribution in [-0.2, 0) is 20.2 Å². The van der Waals surface area contributed by atoms with E-state index in [-0.39, 0.29) is 33.0 Å². The fourth-order valence-electron chi connectivity index (χ4n) is 5.02. The molecular formula is C32H20N4O11S2. The number of hydrogen-bond acceptors (Lipinski definition) is 11. The first-order valence-electron chi connectivity index (χ1n) is 13.8. The number of imide groups is 3. The number of amides is 4. The second-order valence-corrected chi connectivity index (χ2v) is 13.3. The molecule has 0 unspecified atom stereocenters. The van der Waals surface area contributed by atoms with Gasteiger partial charge < -0.3 is 10.4 Å². The van der Waals surface area contributed by atoms with Gasteiger partial charge in [-0.2, -0.15) is 21.9 Å². The van der Waals surface area contributed by atoms with E-state index in [2.05, 4.69) is 15.5 Å². The third-order valence-corrected chi connectivity index (χ3v) is 9.00. The summed E-state index contributed by atoms with van der Waals surface area (Å²) in [5, 5.41) is 23.0. The molecule has 5 aromatic carbocycles. The lowest BCUT2D eigenvalue weighted by Crippen LogP contribution is -2.36. The predicted octanol–water partition coefficient (Wildman–Crippen LogP) is 5.14. The van der Waals surface area contributed by atoms with Crippen LogP contribution in [0.1, 0.15) is 41.4 Å². The maximum Gasteiger partial charge on any atom is 0.294 e. The van der Waals surface area contributed by atoms with Gasteiger partial charge in [-0.15, -0.1) is 5.11 Å². The van der Waals surface area contributed by atoms with Crippen LogP contribution in [0.25, 0.3) is 10.8 Å². The zero-order chi connectivity index (χ0) is 35.2. The molecule has 0 radical (unpaired) electrons. The highest BCUT2D eigenvalue weighted by molar-refractivity contribution is 7.86. The maximum atomic E-state index is 13.3. The molecule has 49 heavy (non-hydrogen) atoms. The average Bonchev–Trinajstić information content (AvgIpc) is 3.31. The first-order valence-corrected chi connectivity index (χ1v) is 16.7. The van der Waals surface area contributed by atoms with Gasteiger partial charge in [0.05, 0.1) is 32.2 Å². The molecule has 0 fully saturated rings. The van der Waals surface area contributed by atoms with E-state index in [1.165, 1.54) is 12.1 Å². The molecule has 1 heterocycles. The average molecular weight is 701 g/mol. The lowest BCUT2D eigenvalue weighted by Gasteiger charge is -2.13. The summed E-state index contributed by atoms with van der Waals surface area (Å²) in [5.74, 6) is -4.88. The number of nitrogens with zero attached hydrogens (tertiary/aromatic N) is 3. The van der Waals surface area contributed by atoms with Crippen molar-refractivity contribution in [3.63, 3.8) is 0 Å². The van der Waals surface area contributed by atoms with E-state index in [0.717, 1.165) is 12.1 Å². The van der Waals surface area contributed by atoms with Crippen LogP contribution in [-0.4, -0.2) is 59.6 Å². The Morgan fingerprint density at radius 3 is 1.96 bits per heavy atom. The Kier molecular flexibility index (Phi) is 8.13. The predicted molar refractivity (Wildman–Crippen MR) is 172 cm³/mol. The van der Waals surface area contributed by atoms with Crippen molar-refractivity contribution in [2.75, 3.05) is 5.32 Å². The molecule has 4 amide bonds. The van der Waals surface area contributed by atoms with Crippen molar-refractivity contribution in [2.24, 2.45) is 10.2 Å². The zero-order valence-electron chi connectivity index (χ0n) is 24.5. The fraction of sp³-hybridized carbons (Fsp3) is 0. The van der Waals surface area contributed by atoms with Crippen molar-refractivity contribution in [3.05, 3.63) is 119 Å². The molecule has 0 atom stereocenters. The van der Waals surface area contributed by atoms with Crippen LogP contribution in [0.15, 0.2) is 117 Å². The van der Waals surface area contributed by atoms with Crippen LogP contribution in [0.4, 0.5) is 17.1 Å². The highest BCUT2D eigenvalue weighted by Gasteiger charge is 2.41. The Labute approximate surface area is 276 Å². The number of rotatable bonds is 7. The van der Waals surface area contributed by atoms with Crippen LogP contribution in [0.3, 0.4) is 0 Å². The molecule has 0 saturated carbocycles. The molecule has 6 rings (SSSR count). The Hall–Kier alpha value is -6.14. The van der Waals surface area contributed by atoms with E-state index in [1.54, 1.807) is 54.6 Å². The van der Waals surface area contributed by atoms with E-state index in [4.69, 9.17) is 0 Å². The summed E-state index contributed by atoms with van der Waals surface area (Å²) >= 11 is 0. The minimum atomic E-state index is -5.10. The highest BCUT2D eigenvalue weighted by Crippen LogP contribution is 2.40. The minimum Gasteiger partial charge on any atom is -0.505 e. The zero-order valence-corrected chi connectivity index (χ0v) is 26.1. The van der Waals surface area contributed by atoms with E-state index in [9.17, 15) is 50.2 Å². The quantitative estimate of drug-likeness (QED) is 0.0984. The normalized spacial score (nSPS) is 13.2. The number of fused-ring (bicyclic) bond motifs is 2. The van der Waals surface area contributed by atoms with Gasteiger partial charge in [0.1, 0.15) is 5.69 Å². The number of aromatic hydroxyl groups is 1. The van der Waals surface area contributed by atoms with E-state index >= 15 is 0 Å². The van der Waals surface area contributed by atoms with Gasteiger partial charge >= 0.3 is 0 Å². The largest absolute Gasteiger partial charge is 0.505 e. The number of benzene rings is 5. The molecule has 246 valence electrons. The minimum absolute atomic E-state index is 0.0150. The van der Waals surface area contributed by atoms with Gasteiger partial charge in [-0.05, 0) is 60.0 Å². The molecule has 5 aromatic rings. The summed E-state index contributed by atoms with van der Waals surface area (Å²) in [6.45, 7) is 0. The van der Waals surface area contributed by atoms with Gasteiger partial charge in [0, 0.05) is 16.6 Å². The molecule has 0 aromatic heterocycles. The van der Waals surface area contributed by atoms with Crippen LogP contribution in [0.5, 0.6) is 5.75 Å². The van der Waals surface area contributed by atoms with Gasteiger partial charge in [0.15, 0.2) is 5.75 Å². The topological polar surface area (TPSA) is 237 Å². The van der Waals surface area contributed by atoms with Crippen LogP contribution in [0.2, 0.25) is 0 Å². The van der Waals surface area contributed by atoms with Crippen molar-refractivity contribution in [2.45, 2.75) is 9.79 Å². The van der Waals surface area contributed by atoms with Gasteiger partial charge in [0.25, 0.3) is 43.9 Å². The number of para-hydroxylation sites is 1. The number of nitrogens with one attached hydrogen (secondary N) is 1. The molecule has 4 N–H and O–H groups in total. The molecule has 15 nitrogen and oxygen atoms in total.